The summed E-state index contributed by atoms with van der Waals surface area (Å²) in [5, 5.41) is 14.8. The Kier molecular flexibility index (Phi) is 4.44. The molecule has 10 heteroatoms. The minimum Gasteiger partial charge on any atom is -0.378 e. The highest BCUT2D eigenvalue weighted by molar-refractivity contribution is 8.01. The standard InChI is InChI=1S/C17H15N7OS2/c1-2-4-12(5-3-1)13-10-14(24-15(20-13)18-11-19-24)26-17-22-21-16(27-17)23-6-8-25-9-7-23/h1-5,10-11H,6-9H2. The smallest absolute Gasteiger partial charge is 0.253 e. The van der Waals surface area contributed by atoms with Gasteiger partial charge in [-0.15, -0.1) is 10.2 Å². The lowest BCUT2D eigenvalue weighted by molar-refractivity contribution is 0.122. The molecule has 3 aromatic heterocycles. The van der Waals surface area contributed by atoms with E-state index in [1.165, 1.54) is 18.1 Å². The molecule has 1 aromatic carbocycles. The van der Waals surface area contributed by atoms with Gasteiger partial charge in [-0.3, -0.25) is 0 Å². The van der Waals surface area contributed by atoms with Crippen molar-refractivity contribution in [1.82, 2.24) is 29.8 Å². The number of nitrogens with zero attached hydrogens (tertiary/aromatic N) is 7. The Balaban J connectivity index is 1.48. The van der Waals surface area contributed by atoms with Crippen molar-refractivity contribution in [2.24, 2.45) is 0 Å². The normalized spacial score (nSPS) is 14.7. The van der Waals surface area contributed by atoms with Gasteiger partial charge in [-0.1, -0.05) is 41.7 Å². The molecule has 5 rings (SSSR count). The molecule has 0 spiro atoms. The second-order valence-corrected chi connectivity index (χ2v) is 8.09. The Morgan fingerprint density at radius 1 is 1.07 bits per heavy atom. The van der Waals surface area contributed by atoms with Crippen molar-refractivity contribution in [1.29, 1.82) is 0 Å². The van der Waals surface area contributed by atoms with Crippen molar-refractivity contribution in [3.63, 3.8) is 0 Å². The van der Waals surface area contributed by atoms with Crippen molar-refractivity contribution in [3.05, 3.63) is 42.7 Å². The monoisotopic (exact) mass is 397 g/mol. The van der Waals surface area contributed by atoms with Gasteiger partial charge < -0.3 is 9.64 Å². The summed E-state index contributed by atoms with van der Waals surface area (Å²) >= 11 is 3.10. The van der Waals surface area contributed by atoms with Crippen LogP contribution in [0.5, 0.6) is 0 Å². The molecule has 0 bridgehead atoms. The van der Waals surface area contributed by atoms with E-state index in [-0.39, 0.29) is 0 Å². The van der Waals surface area contributed by atoms with Crippen LogP contribution in [0.4, 0.5) is 5.13 Å². The van der Waals surface area contributed by atoms with Gasteiger partial charge in [-0.25, -0.2) is 4.98 Å². The molecule has 0 radical (unpaired) electrons. The first-order chi connectivity index (χ1) is 13.4. The third kappa shape index (κ3) is 3.38. The summed E-state index contributed by atoms with van der Waals surface area (Å²) in [6.07, 6.45) is 1.51. The summed E-state index contributed by atoms with van der Waals surface area (Å²) in [5.74, 6) is 0.566. The van der Waals surface area contributed by atoms with Crippen LogP contribution in [0.15, 0.2) is 52.1 Å². The van der Waals surface area contributed by atoms with Crippen molar-refractivity contribution in [2.75, 3.05) is 31.2 Å². The molecule has 4 heterocycles. The number of hydrogen-bond donors (Lipinski definition) is 0. The van der Waals surface area contributed by atoms with E-state index in [4.69, 9.17) is 4.74 Å². The summed E-state index contributed by atoms with van der Waals surface area (Å²) < 4.78 is 7.99. The van der Waals surface area contributed by atoms with Crippen LogP contribution >= 0.6 is 23.1 Å². The molecule has 136 valence electrons. The number of morpholine rings is 1. The van der Waals surface area contributed by atoms with E-state index in [9.17, 15) is 0 Å². The number of benzene rings is 1. The van der Waals surface area contributed by atoms with Gasteiger partial charge in [0.15, 0.2) is 4.34 Å². The molecule has 8 nitrogen and oxygen atoms in total. The van der Waals surface area contributed by atoms with Gasteiger partial charge >= 0.3 is 0 Å². The fraction of sp³-hybridized carbons (Fsp3) is 0.235. The zero-order valence-electron chi connectivity index (χ0n) is 14.2. The molecule has 0 saturated carbocycles. The fourth-order valence-electron chi connectivity index (χ4n) is 2.83. The number of fused-ring (bicyclic) bond motifs is 1. The lowest BCUT2D eigenvalue weighted by Crippen LogP contribution is -2.36. The predicted octanol–water partition coefficient (Wildman–Crippen LogP) is 2.63. The molecule has 1 aliphatic rings. The molecule has 1 fully saturated rings. The maximum absolute atomic E-state index is 5.40. The van der Waals surface area contributed by atoms with E-state index in [0.717, 1.165) is 52.1 Å². The molecule has 4 aromatic rings. The van der Waals surface area contributed by atoms with Crippen molar-refractivity contribution >= 4 is 34.0 Å². The molecule has 27 heavy (non-hydrogen) atoms. The second kappa shape index (κ2) is 7.22. The SMILES string of the molecule is c1ccc(-c2cc(Sc3nnc(N4CCOCC4)s3)n3ncnc3n2)cc1. The van der Waals surface area contributed by atoms with E-state index < -0.39 is 0 Å². The highest BCUT2D eigenvalue weighted by Crippen LogP contribution is 2.34. The Hall–Kier alpha value is -2.56. The maximum atomic E-state index is 5.40. The fourth-order valence-corrected chi connectivity index (χ4v) is 4.75. The van der Waals surface area contributed by atoms with Gasteiger partial charge in [-0.2, -0.15) is 14.6 Å². The van der Waals surface area contributed by atoms with Crippen LogP contribution in [0.2, 0.25) is 0 Å². The zero-order chi connectivity index (χ0) is 18.1. The largest absolute Gasteiger partial charge is 0.378 e. The Morgan fingerprint density at radius 2 is 1.93 bits per heavy atom. The topological polar surface area (TPSA) is 81.3 Å². The Labute approximate surface area is 163 Å². The average Bonchev–Trinajstić information content (AvgIpc) is 3.39. The summed E-state index contributed by atoms with van der Waals surface area (Å²) in [7, 11) is 0. The van der Waals surface area contributed by atoms with Crippen molar-refractivity contribution in [2.45, 2.75) is 9.37 Å². The number of anilines is 1. The lowest BCUT2D eigenvalue weighted by atomic mass is 10.1. The van der Waals surface area contributed by atoms with Crippen LogP contribution < -0.4 is 4.90 Å². The number of hydrogen-bond acceptors (Lipinski definition) is 9. The lowest BCUT2D eigenvalue weighted by Gasteiger charge is -2.25. The summed E-state index contributed by atoms with van der Waals surface area (Å²) in [6, 6.07) is 12.1. The zero-order valence-corrected chi connectivity index (χ0v) is 15.9. The van der Waals surface area contributed by atoms with Gasteiger partial charge in [-0.05, 0) is 17.8 Å². The first-order valence-electron chi connectivity index (χ1n) is 8.47. The highest BCUT2D eigenvalue weighted by atomic mass is 32.2. The van der Waals surface area contributed by atoms with Crippen molar-refractivity contribution < 1.29 is 4.74 Å². The first-order valence-corrected chi connectivity index (χ1v) is 10.1. The molecule has 1 saturated heterocycles. The predicted molar refractivity (Wildman–Crippen MR) is 103 cm³/mol. The molecule has 0 amide bonds. The van der Waals surface area contributed by atoms with Crippen LogP contribution in [0, 0.1) is 0 Å². The van der Waals surface area contributed by atoms with E-state index in [1.54, 1.807) is 15.9 Å². The molecule has 0 unspecified atom stereocenters. The molecule has 0 aliphatic carbocycles. The number of ether oxygens (including phenoxy) is 1. The second-order valence-electron chi connectivity index (χ2n) is 5.87. The maximum Gasteiger partial charge on any atom is 0.253 e. The number of rotatable bonds is 4. The van der Waals surface area contributed by atoms with Crippen LogP contribution in [-0.2, 0) is 4.74 Å². The van der Waals surface area contributed by atoms with Gasteiger partial charge in [0.05, 0.1) is 18.9 Å². The summed E-state index contributed by atoms with van der Waals surface area (Å²) in [5.41, 5.74) is 1.90. The minimum atomic E-state index is 0.566. The first kappa shape index (κ1) is 16.6. The van der Waals surface area contributed by atoms with E-state index in [0.29, 0.717) is 5.78 Å². The van der Waals surface area contributed by atoms with E-state index >= 15 is 0 Å². The van der Waals surface area contributed by atoms with E-state index in [2.05, 4.69) is 30.2 Å². The minimum absolute atomic E-state index is 0.566. The molecule has 1 aliphatic heterocycles. The van der Waals surface area contributed by atoms with Gasteiger partial charge in [0.2, 0.25) is 5.13 Å². The molecular weight excluding hydrogens is 382 g/mol. The molecule has 0 N–H and O–H groups in total. The van der Waals surface area contributed by atoms with Crippen LogP contribution in [0.1, 0.15) is 0 Å². The van der Waals surface area contributed by atoms with E-state index in [1.807, 2.05) is 36.4 Å². The van der Waals surface area contributed by atoms with Crippen LogP contribution in [0.25, 0.3) is 17.0 Å². The van der Waals surface area contributed by atoms with Gasteiger partial charge in [0.25, 0.3) is 5.78 Å². The number of aromatic nitrogens is 6. The quantitative estimate of drug-likeness (QED) is 0.486. The van der Waals surface area contributed by atoms with Gasteiger partial charge in [0, 0.05) is 18.7 Å². The van der Waals surface area contributed by atoms with Crippen LogP contribution in [-0.4, -0.2) is 56.1 Å². The third-order valence-corrected chi connectivity index (χ3v) is 6.19. The molecular formula is C17H15N7OS2. The Bertz CT molecular complexity index is 1060. The molecule has 0 atom stereocenters. The average molecular weight is 397 g/mol. The Morgan fingerprint density at radius 3 is 2.78 bits per heavy atom. The van der Waals surface area contributed by atoms with Gasteiger partial charge in [0.1, 0.15) is 11.4 Å². The highest BCUT2D eigenvalue weighted by Gasteiger charge is 2.18. The summed E-state index contributed by atoms with van der Waals surface area (Å²) in [6.45, 7) is 3.15. The van der Waals surface area contributed by atoms with Crippen molar-refractivity contribution in [3.8, 4) is 11.3 Å². The summed E-state index contributed by atoms with van der Waals surface area (Å²) in [4.78, 5) is 11.1. The van der Waals surface area contributed by atoms with Crippen LogP contribution in [0.3, 0.4) is 0 Å². The third-order valence-electron chi connectivity index (χ3n) is 4.16.